The van der Waals surface area contributed by atoms with Crippen molar-refractivity contribution in [1.29, 1.82) is 0 Å². The van der Waals surface area contributed by atoms with Crippen LogP contribution in [0.2, 0.25) is 5.02 Å². The van der Waals surface area contributed by atoms with Crippen LogP contribution in [0.4, 0.5) is 5.69 Å². The quantitative estimate of drug-likeness (QED) is 0.795. The van der Waals surface area contributed by atoms with Gasteiger partial charge in [-0.3, -0.25) is 0 Å². The predicted octanol–water partition coefficient (Wildman–Crippen LogP) is 4.36. The molecule has 1 unspecified atom stereocenters. The van der Waals surface area contributed by atoms with Crippen LogP contribution in [0.15, 0.2) is 46.9 Å². The van der Waals surface area contributed by atoms with Gasteiger partial charge in [-0.05, 0) is 45.3 Å². The van der Waals surface area contributed by atoms with E-state index in [1.54, 1.807) is 7.11 Å². The van der Waals surface area contributed by atoms with Gasteiger partial charge in [0.15, 0.2) is 0 Å². The molecule has 2 aromatic rings. The monoisotopic (exact) mass is 368 g/mol. The normalized spacial score (nSPS) is 12.2. The van der Waals surface area contributed by atoms with Crippen molar-refractivity contribution >= 4 is 33.2 Å². The van der Waals surface area contributed by atoms with E-state index >= 15 is 0 Å². The highest BCUT2D eigenvalue weighted by Gasteiger charge is 2.14. The minimum absolute atomic E-state index is 0.00796. The number of halogens is 2. The lowest BCUT2D eigenvalue weighted by Gasteiger charge is -2.21. The van der Waals surface area contributed by atoms with Gasteiger partial charge in [0.2, 0.25) is 0 Å². The molecule has 0 bridgehead atoms. The number of methoxy groups -OCH3 is 1. The van der Waals surface area contributed by atoms with Crippen molar-refractivity contribution in [3.05, 3.63) is 63.1 Å². The number of benzene rings is 2. The van der Waals surface area contributed by atoms with Gasteiger partial charge in [0.05, 0.1) is 17.7 Å². The minimum Gasteiger partial charge on any atom is -0.380 e. The van der Waals surface area contributed by atoms with Crippen molar-refractivity contribution in [2.24, 2.45) is 5.73 Å². The highest BCUT2D eigenvalue weighted by atomic mass is 79.9. The first-order chi connectivity index (χ1) is 10.2. The molecule has 2 aromatic carbocycles. The molecule has 0 saturated heterocycles. The summed E-state index contributed by atoms with van der Waals surface area (Å²) in [5.41, 5.74) is 9.15. The van der Waals surface area contributed by atoms with E-state index in [0.29, 0.717) is 18.2 Å². The summed E-state index contributed by atoms with van der Waals surface area (Å²) in [4.78, 5) is 0. The first kappa shape index (κ1) is 16.3. The molecular weight excluding hydrogens is 352 g/mol. The van der Waals surface area contributed by atoms with E-state index in [-0.39, 0.29) is 6.04 Å². The second kappa shape index (κ2) is 7.80. The Kier molecular flexibility index (Phi) is 6.06. The van der Waals surface area contributed by atoms with E-state index in [1.165, 1.54) is 0 Å². The first-order valence-electron chi connectivity index (χ1n) is 6.64. The summed E-state index contributed by atoms with van der Waals surface area (Å²) in [6, 6.07) is 13.9. The van der Waals surface area contributed by atoms with Gasteiger partial charge in [0.1, 0.15) is 0 Å². The molecule has 0 aliphatic rings. The van der Waals surface area contributed by atoms with Crippen LogP contribution >= 0.6 is 27.5 Å². The molecular formula is C16H18BrClN2O. The van der Waals surface area contributed by atoms with Crippen LogP contribution in [0.5, 0.6) is 0 Å². The van der Waals surface area contributed by atoms with E-state index in [4.69, 9.17) is 22.1 Å². The molecule has 0 aromatic heterocycles. The molecule has 5 heteroatoms. The average Bonchev–Trinajstić information content (AvgIpc) is 2.49. The highest BCUT2D eigenvalue weighted by Crippen LogP contribution is 2.28. The molecule has 112 valence electrons. The zero-order valence-electron chi connectivity index (χ0n) is 11.8. The first-order valence-corrected chi connectivity index (χ1v) is 7.81. The summed E-state index contributed by atoms with van der Waals surface area (Å²) in [6.45, 7) is 1.05. The van der Waals surface area contributed by atoms with E-state index in [2.05, 4.69) is 33.4 Å². The van der Waals surface area contributed by atoms with E-state index < -0.39 is 0 Å². The van der Waals surface area contributed by atoms with Crippen molar-refractivity contribution in [1.82, 2.24) is 0 Å². The van der Waals surface area contributed by atoms with Crippen molar-refractivity contribution in [2.75, 3.05) is 19.0 Å². The Bertz CT molecular complexity index is 607. The Hall–Kier alpha value is -1.07. The summed E-state index contributed by atoms with van der Waals surface area (Å²) in [6.07, 6.45) is 0. The third-order valence-corrected chi connectivity index (χ3v) is 4.46. The fourth-order valence-electron chi connectivity index (χ4n) is 2.21. The summed E-state index contributed by atoms with van der Waals surface area (Å²) in [5.74, 6) is 0. The van der Waals surface area contributed by atoms with E-state index in [1.807, 2.05) is 30.3 Å². The van der Waals surface area contributed by atoms with Crippen LogP contribution in [0.25, 0.3) is 0 Å². The average molecular weight is 370 g/mol. The fourth-order valence-corrected chi connectivity index (χ4v) is 2.64. The molecule has 0 radical (unpaired) electrons. The van der Waals surface area contributed by atoms with Gasteiger partial charge < -0.3 is 15.8 Å². The van der Waals surface area contributed by atoms with Gasteiger partial charge in [0, 0.05) is 23.8 Å². The SMILES string of the molecule is COCc1ccccc1C(CN)Nc1ccc(Br)c(Cl)c1. The molecule has 3 N–H and O–H groups in total. The van der Waals surface area contributed by atoms with Gasteiger partial charge in [-0.15, -0.1) is 0 Å². The van der Waals surface area contributed by atoms with Crippen LogP contribution in [-0.4, -0.2) is 13.7 Å². The third kappa shape index (κ3) is 4.20. The topological polar surface area (TPSA) is 47.3 Å². The number of anilines is 1. The number of hydrogen-bond acceptors (Lipinski definition) is 3. The highest BCUT2D eigenvalue weighted by molar-refractivity contribution is 9.10. The van der Waals surface area contributed by atoms with Crippen LogP contribution in [0.3, 0.4) is 0 Å². The second-order valence-electron chi connectivity index (χ2n) is 4.69. The Balaban J connectivity index is 2.25. The maximum absolute atomic E-state index is 6.13. The third-order valence-electron chi connectivity index (χ3n) is 3.23. The standard InChI is InChI=1S/C16H18BrClN2O/c1-21-10-11-4-2-3-5-13(11)16(9-19)20-12-6-7-14(17)15(18)8-12/h2-8,16,20H,9-10,19H2,1H3. The van der Waals surface area contributed by atoms with Crippen molar-refractivity contribution < 1.29 is 4.74 Å². The second-order valence-corrected chi connectivity index (χ2v) is 5.95. The van der Waals surface area contributed by atoms with Gasteiger partial charge in [-0.1, -0.05) is 35.9 Å². The molecule has 21 heavy (non-hydrogen) atoms. The maximum Gasteiger partial charge on any atom is 0.0716 e. The molecule has 0 amide bonds. The van der Waals surface area contributed by atoms with Crippen molar-refractivity contribution in [2.45, 2.75) is 12.6 Å². The van der Waals surface area contributed by atoms with Gasteiger partial charge in [0.25, 0.3) is 0 Å². The van der Waals surface area contributed by atoms with Crippen LogP contribution < -0.4 is 11.1 Å². The Labute approximate surface area is 138 Å². The molecule has 0 aliphatic heterocycles. The number of hydrogen-bond donors (Lipinski definition) is 2. The summed E-state index contributed by atoms with van der Waals surface area (Å²) >= 11 is 9.52. The smallest absolute Gasteiger partial charge is 0.0716 e. The maximum atomic E-state index is 6.13. The lowest BCUT2D eigenvalue weighted by Crippen LogP contribution is -2.22. The largest absolute Gasteiger partial charge is 0.380 e. The fraction of sp³-hybridized carbons (Fsp3) is 0.250. The van der Waals surface area contributed by atoms with Crippen LogP contribution in [0.1, 0.15) is 17.2 Å². The molecule has 1 atom stereocenters. The molecule has 2 rings (SSSR count). The molecule has 0 saturated carbocycles. The lowest BCUT2D eigenvalue weighted by molar-refractivity contribution is 0.184. The van der Waals surface area contributed by atoms with Crippen molar-refractivity contribution in [3.8, 4) is 0 Å². The number of rotatable bonds is 6. The molecule has 0 fully saturated rings. The molecule has 3 nitrogen and oxygen atoms in total. The number of ether oxygens (including phenoxy) is 1. The number of nitrogens with one attached hydrogen (secondary N) is 1. The number of nitrogens with two attached hydrogens (primary N) is 1. The lowest BCUT2D eigenvalue weighted by atomic mass is 10.0. The van der Waals surface area contributed by atoms with Gasteiger partial charge in [-0.2, -0.15) is 0 Å². The van der Waals surface area contributed by atoms with Gasteiger partial charge >= 0.3 is 0 Å². The minimum atomic E-state index is 0.00796. The summed E-state index contributed by atoms with van der Waals surface area (Å²) < 4.78 is 6.13. The summed E-state index contributed by atoms with van der Waals surface area (Å²) in [7, 11) is 1.69. The van der Waals surface area contributed by atoms with Gasteiger partial charge in [-0.25, -0.2) is 0 Å². The Morgan fingerprint density at radius 1 is 1.29 bits per heavy atom. The molecule has 0 aliphatic carbocycles. The van der Waals surface area contributed by atoms with E-state index in [0.717, 1.165) is 21.3 Å². The molecule has 0 heterocycles. The van der Waals surface area contributed by atoms with Crippen molar-refractivity contribution in [3.63, 3.8) is 0 Å². The zero-order chi connectivity index (χ0) is 15.2. The Morgan fingerprint density at radius 3 is 2.71 bits per heavy atom. The Morgan fingerprint density at radius 2 is 2.05 bits per heavy atom. The predicted molar refractivity (Wildman–Crippen MR) is 91.7 cm³/mol. The van der Waals surface area contributed by atoms with Crippen LogP contribution in [-0.2, 0) is 11.3 Å². The molecule has 0 spiro atoms. The van der Waals surface area contributed by atoms with E-state index in [9.17, 15) is 0 Å². The van der Waals surface area contributed by atoms with Crippen LogP contribution in [0, 0.1) is 0 Å². The summed E-state index contributed by atoms with van der Waals surface area (Å²) in [5, 5.41) is 4.09. The zero-order valence-corrected chi connectivity index (χ0v) is 14.1.